The van der Waals surface area contributed by atoms with E-state index in [9.17, 15) is 13.2 Å². The summed E-state index contributed by atoms with van der Waals surface area (Å²) in [7, 11) is -3.88. The summed E-state index contributed by atoms with van der Waals surface area (Å²) in [5.41, 5.74) is 1.82. The molecule has 3 rings (SSSR count). The molecular weight excluding hydrogens is 398 g/mol. The molecule has 0 aliphatic heterocycles. The Balaban J connectivity index is 1.81. The van der Waals surface area contributed by atoms with Gasteiger partial charge >= 0.3 is 0 Å². The van der Waals surface area contributed by atoms with Gasteiger partial charge in [-0.25, -0.2) is 8.42 Å². The van der Waals surface area contributed by atoms with Gasteiger partial charge in [-0.3, -0.25) is 14.5 Å². The van der Waals surface area contributed by atoms with Crippen molar-refractivity contribution in [1.82, 2.24) is 10.3 Å². The zero-order valence-corrected chi connectivity index (χ0v) is 16.6. The number of aromatic nitrogens is 1. The van der Waals surface area contributed by atoms with Crippen LogP contribution in [0.3, 0.4) is 0 Å². The number of nitrogens with one attached hydrogen (secondary N) is 2. The van der Waals surface area contributed by atoms with Crippen molar-refractivity contribution in [3.63, 3.8) is 0 Å². The number of aryl methyl sites for hydroxylation is 1. The number of anilines is 1. The van der Waals surface area contributed by atoms with Gasteiger partial charge in [0.25, 0.3) is 15.9 Å². The smallest absolute Gasteiger partial charge is 0.262 e. The highest BCUT2D eigenvalue weighted by Crippen LogP contribution is 2.22. The van der Waals surface area contributed by atoms with Crippen molar-refractivity contribution >= 4 is 33.2 Å². The van der Waals surface area contributed by atoms with Crippen molar-refractivity contribution in [3.8, 4) is 0 Å². The van der Waals surface area contributed by atoms with Crippen LogP contribution < -0.4 is 10.0 Å². The second-order valence-electron chi connectivity index (χ2n) is 6.10. The number of amides is 1. The second-order valence-corrected chi connectivity index (χ2v) is 8.19. The van der Waals surface area contributed by atoms with Gasteiger partial charge in [0.15, 0.2) is 0 Å². The monoisotopic (exact) mass is 415 g/mol. The third kappa shape index (κ3) is 4.88. The molecule has 1 aromatic heterocycles. The number of benzene rings is 2. The summed E-state index contributed by atoms with van der Waals surface area (Å²) in [6, 6.07) is 16.4. The van der Waals surface area contributed by atoms with Crippen LogP contribution in [0.15, 0.2) is 71.8 Å². The standard InChI is InChI=1S/C20H18ClN3O3S/c1-14-8-9-15(20(25)23-13-18-6-2-3-10-22-18)11-19(14)28(26,27)24-17-7-4-5-16(21)12-17/h2-12,24H,13H2,1H3,(H,23,25). The fourth-order valence-electron chi connectivity index (χ4n) is 2.57. The van der Waals surface area contributed by atoms with Crippen LogP contribution in [0.25, 0.3) is 0 Å². The number of halogens is 1. The summed E-state index contributed by atoms with van der Waals surface area (Å²) < 4.78 is 28.1. The molecule has 0 fully saturated rings. The molecular formula is C20H18ClN3O3S. The number of sulfonamides is 1. The summed E-state index contributed by atoms with van der Waals surface area (Å²) >= 11 is 5.91. The molecule has 1 heterocycles. The Hall–Kier alpha value is -2.90. The maximum atomic E-state index is 12.8. The van der Waals surface area contributed by atoms with Crippen molar-refractivity contribution < 1.29 is 13.2 Å². The van der Waals surface area contributed by atoms with Crippen molar-refractivity contribution in [2.75, 3.05) is 4.72 Å². The molecule has 0 aliphatic rings. The zero-order chi connectivity index (χ0) is 20.1. The van der Waals surface area contributed by atoms with E-state index in [0.29, 0.717) is 22.0 Å². The van der Waals surface area contributed by atoms with Gasteiger partial charge in [0, 0.05) is 16.8 Å². The zero-order valence-electron chi connectivity index (χ0n) is 15.0. The molecule has 2 N–H and O–H groups in total. The van der Waals surface area contributed by atoms with Gasteiger partial charge in [-0.05, 0) is 55.0 Å². The Labute approximate surface area is 168 Å². The molecule has 144 valence electrons. The van der Waals surface area contributed by atoms with E-state index in [1.807, 2.05) is 6.07 Å². The third-order valence-electron chi connectivity index (χ3n) is 3.97. The maximum Gasteiger partial charge on any atom is 0.262 e. The Kier molecular flexibility index (Phi) is 5.96. The number of hydrogen-bond donors (Lipinski definition) is 2. The largest absolute Gasteiger partial charge is 0.346 e. The lowest BCUT2D eigenvalue weighted by Crippen LogP contribution is -2.24. The van der Waals surface area contributed by atoms with Gasteiger partial charge in [-0.2, -0.15) is 0 Å². The highest BCUT2D eigenvalue weighted by Gasteiger charge is 2.19. The molecule has 0 bridgehead atoms. The molecule has 0 saturated carbocycles. The van der Waals surface area contributed by atoms with Crippen LogP contribution >= 0.6 is 11.6 Å². The summed E-state index contributed by atoms with van der Waals surface area (Å²) in [5, 5.41) is 3.15. The molecule has 6 nitrogen and oxygen atoms in total. The number of pyridine rings is 1. The van der Waals surface area contributed by atoms with Gasteiger partial charge < -0.3 is 5.32 Å². The highest BCUT2D eigenvalue weighted by atomic mass is 35.5. The average molecular weight is 416 g/mol. The van der Waals surface area contributed by atoms with Gasteiger partial charge in [0.1, 0.15) is 0 Å². The predicted octanol–water partition coefficient (Wildman–Crippen LogP) is 3.77. The summed E-state index contributed by atoms with van der Waals surface area (Å²) in [4.78, 5) is 16.6. The number of rotatable bonds is 6. The minimum Gasteiger partial charge on any atom is -0.346 e. The first-order valence-corrected chi connectivity index (χ1v) is 10.3. The molecule has 0 spiro atoms. The SMILES string of the molecule is Cc1ccc(C(=O)NCc2ccccn2)cc1S(=O)(=O)Nc1cccc(Cl)c1. The molecule has 0 radical (unpaired) electrons. The van der Waals surface area contributed by atoms with Crippen LogP contribution in [0.4, 0.5) is 5.69 Å². The van der Waals surface area contributed by atoms with E-state index in [0.717, 1.165) is 0 Å². The maximum absolute atomic E-state index is 12.8. The van der Waals surface area contributed by atoms with E-state index in [1.165, 1.54) is 12.1 Å². The van der Waals surface area contributed by atoms with Crippen LogP contribution in [-0.4, -0.2) is 19.3 Å². The van der Waals surface area contributed by atoms with Crippen LogP contribution in [0.5, 0.6) is 0 Å². The fraction of sp³-hybridized carbons (Fsp3) is 0.100. The molecule has 0 atom stereocenters. The number of carbonyl (C=O) groups excluding carboxylic acids is 1. The van der Waals surface area contributed by atoms with E-state index < -0.39 is 10.0 Å². The summed E-state index contributed by atoms with van der Waals surface area (Å²) in [5.74, 6) is -0.384. The third-order valence-corrected chi connectivity index (χ3v) is 5.73. The number of carbonyl (C=O) groups is 1. The Morgan fingerprint density at radius 2 is 1.89 bits per heavy atom. The average Bonchev–Trinajstić information content (AvgIpc) is 2.67. The summed E-state index contributed by atoms with van der Waals surface area (Å²) in [6.45, 7) is 1.92. The van der Waals surface area contributed by atoms with Crippen molar-refractivity contribution in [2.45, 2.75) is 18.4 Å². The normalized spacial score (nSPS) is 11.1. The van der Waals surface area contributed by atoms with E-state index >= 15 is 0 Å². The molecule has 8 heteroatoms. The van der Waals surface area contributed by atoms with Crippen LogP contribution in [0.1, 0.15) is 21.6 Å². The number of hydrogen-bond acceptors (Lipinski definition) is 4. The van der Waals surface area contributed by atoms with Crippen molar-refractivity contribution in [3.05, 3.63) is 88.7 Å². The predicted molar refractivity (Wildman–Crippen MR) is 109 cm³/mol. The quantitative estimate of drug-likeness (QED) is 0.641. The Morgan fingerprint density at radius 1 is 1.07 bits per heavy atom. The second kappa shape index (κ2) is 8.41. The summed E-state index contributed by atoms with van der Waals surface area (Å²) in [6.07, 6.45) is 1.64. The minimum absolute atomic E-state index is 0.0259. The fourth-order valence-corrected chi connectivity index (χ4v) is 4.08. The van der Waals surface area contributed by atoms with Gasteiger partial charge in [-0.15, -0.1) is 0 Å². The lowest BCUT2D eigenvalue weighted by Gasteiger charge is -2.12. The molecule has 28 heavy (non-hydrogen) atoms. The highest BCUT2D eigenvalue weighted by molar-refractivity contribution is 7.92. The number of nitrogens with zero attached hydrogens (tertiary/aromatic N) is 1. The van der Waals surface area contributed by atoms with Gasteiger partial charge in [0.05, 0.1) is 22.8 Å². The van der Waals surface area contributed by atoms with Crippen LogP contribution in [0, 0.1) is 6.92 Å². The van der Waals surface area contributed by atoms with Crippen LogP contribution in [-0.2, 0) is 16.6 Å². The van der Waals surface area contributed by atoms with Gasteiger partial charge in [-0.1, -0.05) is 29.8 Å². The molecule has 0 aliphatic carbocycles. The first-order chi connectivity index (χ1) is 13.3. The van der Waals surface area contributed by atoms with E-state index in [2.05, 4.69) is 15.0 Å². The first kappa shape index (κ1) is 19.9. The minimum atomic E-state index is -3.88. The molecule has 1 amide bonds. The van der Waals surface area contributed by atoms with Crippen molar-refractivity contribution in [2.24, 2.45) is 0 Å². The lowest BCUT2D eigenvalue weighted by molar-refractivity contribution is 0.0950. The van der Waals surface area contributed by atoms with Gasteiger partial charge in [0.2, 0.25) is 0 Å². The lowest BCUT2D eigenvalue weighted by atomic mass is 10.1. The topological polar surface area (TPSA) is 88.2 Å². The Morgan fingerprint density at radius 3 is 2.61 bits per heavy atom. The molecule has 2 aromatic carbocycles. The first-order valence-electron chi connectivity index (χ1n) is 8.42. The van der Waals surface area contributed by atoms with Crippen LogP contribution in [0.2, 0.25) is 5.02 Å². The van der Waals surface area contributed by atoms with Crippen molar-refractivity contribution in [1.29, 1.82) is 0 Å². The van der Waals surface area contributed by atoms with E-state index in [4.69, 9.17) is 11.6 Å². The van der Waals surface area contributed by atoms with E-state index in [1.54, 1.807) is 55.6 Å². The Bertz CT molecular complexity index is 1100. The van der Waals surface area contributed by atoms with E-state index in [-0.39, 0.29) is 22.9 Å². The molecule has 0 saturated heterocycles. The molecule has 0 unspecified atom stereocenters. The molecule has 3 aromatic rings.